The van der Waals surface area contributed by atoms with Gasteiger partial charge >= 0.3 is 6.03 Å². The number of benzene rings is 2. The standard InChI is InChI=1S/C29H36N4O2/c1-35-17-16-33-19-24(21-10-4-2-5-11-21)27(20-33)32-29(34)31-26-18-23-14-8-9-15-25(23)30-28(26)22-12-6-3-7-13-22/h2,4-5,8-11,14-15,18,22,24,27H,3,6-7,12-13,16-17,19-20H2,1H3,(H2,31,32,34)/t24-,27+/m0/s1. The molecule has 2 fully saturated rings. The molecule has 1 aromatic heterocycles. The summed E-state index contributed by atoms with van der Waals surface area (Å²) in [6.07, 6.45) is 6.00. The van der Waals surface area contributed by atoms with Crippen LogP contribution in [-0.4, -0.2) is 55.3 Å². The zero-order chi connectivity index (χ0) is 24.0. The number of anilines is 1. The lowest BCUT2D eigenvalue weighted by atomic mass is 9.86. The van der Waals surface area contributed by atoms with Gasteiger partial charge in [0.05, 0.1) is 29.5 Å². The van der Waals surface area contributed by atoms with Gasteiger partial charge < -0.3 is 15.4 Å². The maximum absolute atomic E-state index is 13.3. The normalized spacial score (nSPS) is 21.3. The van der Waals surface area contributed by atoms with Crippen LogP contribution >= 0.6 is 0 Å². The van der Waals surface area contributed by atoms with Gasteiger partial charge in [0.2, 0.25) is 0 Å². The zero-order valence-corrected chi connectivity index (χ0v) is 20.6. The lowest BCUT2D eigenvalue weighted by molar-refractivity contribution is 0.159. The van der Waals surface area contributed by atoms with Crippen LogP contribution in [0.1, 0.15) is 55.2 Å². The number of fused-ring (bicyclic) bond motifs is 1. The van der Waals surface area contributed by atoms with Gasteiger partial charge in [-0.3, -0.25) is 9.88 Å². The van der Waals surface area contributed by atoms with Crippen LogP contribution in [0, 0.1) is 0 Å². The Kier molecular flexibility index (Phi) is 7.60. The van der Waals surface area contributed by atoms with E-state index in [2.05, 4.69) is 58.0 Å². The van der Waals surface area contributed by atoms with Gasteiger partial charge in [-0.25, -0.2) is 4.79 Å². The molecule has 3 aromatic rings. The third-order valence-corrected chi connectivity index (χ3v) is 7.54. The smallest absolute Gasteiger partial charge is 0.319 e. The third-order valence-electron chi connectivity index (χ3n) is 7.54. The summed E-state index contributed by atoms with van der Waals surface area (Å²) >= 11 is 0. The average Bonchev–Trinajstić information content (AvgIpc) is 3.30. The summed E-state index contributed by atoms with van der Waals surface area (Å²) in [5, 5.41) is 7.55. The van der Waals surface area contributed by atoms with Crippen LogP contribution in [0.5, 0.6) is 0 Å². The van der Waals surface area contributed by atoms with Crippen LogP contribution < -0.4 is 10.6 Å². The highest BCUT2D eigenvalue weighted by Crippen LogP contribution is 2.37. The van der Waals surface area contributed by atoms with Gasteiger partial charge in [0, 0.05) is 44.0 Å². The molecule has 1 saturated heterocycles. The van der Waals surface area contributed by atoms with E-state index in [-0.39, 0.29) is 18.0 Å². The number of ether oxygens (including phenoxy) is 1. The number of urea groups is 1. The number of likely N-dealkylation sites (tertiary alicyclic amines) is 1. The Morgan fingerprint density at radius 3 is 2.60 bits per heavy atom. The van der Waals surface area contributed by atoms with E-state index in [4.69, 9.17) is 9.72 Å². The molecule has 1 aliphatic heterocycles. The van der Waals surface area contributed by atoms with E-state index >= 15 is 0 Å². The van der Waals surface area contributed by atoms with E-state index in [1.807, 2.05) is 18.2 Å². The van der Waals surface area contributed by atoms with E-state index in [1.54, 1.807) is 7.11 Å². The number of amides is 2. The largest absolute Gasteiger partial charge is 0.383 e. The molecule has 0 unspecified atom stereocenters. The summed E-state index contributed by atoms with van der Waals surface area (Å²) in [7, 11) is 1.73. The van der Waals surface area contributed by atoms with Crippen LogP contribution in [-0.2, 0) is 4.74 Å². The molecule has 35 heavy (non-hydrogen) atoms. The molecule has 0 spiro atoms. The number of rotatable bonds is 7. The van der Waals surface area contributed by atoms with Crippen molar-refractivity contribution >= 4 is 22.6 Å². The molecule has 2 heterocycles. The minimum atomic E-state index is -0.154. The number of para-hydroxylation sites is 1. The molecule has 0 radical (unpaired) electrons. The number of hydrogen-bond donors (Lipinski definition) is 2. The van der Waals surface area contributed by atoms with Crippen molar-refractivity contribution < 1.29 is 9.53 Å². The fourth-order valence-corrected chi connectivity index (χ4v) is 5.72. The second-order valence-corrected chi connectivity index (χ2v) is 9.92. The molecule has 1 saturated carbocycles. The van der Waals surface area contributed by atoms with Crippen LogP contribution in [0.25, 0.3) is 10.9 Å². The molecule has 0 bridgehead atoms. The number of methoxy groups -OCH3 is 1. The van der Waals surface area contributed by atoms with E-state index in [1.165, 1.54) is 24.8 Å². The number of pyridine rings is 1. The highest BCUT2D eigenvalue weighted by Gasteiger charge is 2.34. The summed E-state index contributed by atoms with van der Waals surface area (Å²) < 4.78 is 5.30. The molecule has 2 aliphatic rings. The van der Waals surface area contributed by atoms with Gasteiger partial charge in [0.1, 0.15) is 0 Å². The first-order valence-corrected chi connectivity index (χ1v) is 12.9. The number of carbonyl (C=O) groups excluding carboxylic acids is 1. The quantitative estimate of drug-likeness (QED) is 0.475. The van der Waals surface area contributed by atoms with E-state index < -0.39 is 0 Å². The summed E-state index contributed by atoms with van der Waals surface area (Å²) in [5.41, 5.74) is 4.13. The second-order valence-electron chi connectivity index (χ2n) is 9.92. The van der Waals surface area contributed by atoms with E-state index in [0.717, 1.165) is 54.8 Å². The van der Waals surface area contributed by atoms with Gasteiger partial charge in [-0.1, -0.05) is 67.8 Å². The predicted octanol–water partition coefficient (Wildman–Crippen LogP) is 5.52. The molecule has 2 amide bonds. The van der Waals surface area contributed by atoms with Crippen molar-refractivity contribution in [2.75, 3.05) is 38.7 Å². The van der Waals surface area contributed by atoms with Gasteiger partial charge in [-0.2, -0.15) is 0 Å². The molecular formula is C29H36N4O2. The van der Waals surface area contributed by atoms with Crippen molar-refractivity contribution in [1.82, 2.24) is 15.2 Å². The predicted molar refractivity (Wildman–Crippen MR) is 141 cm³/mol. The van der Waals surface area contributed by atoms with Gasteiger partial charge in [-0.05, 0) is 30.5 Å². The highest BCUT2D eigenvalue weighted by atomic mass is 16.5. The van der Waals surface area contributed by atoms with E-state index in [9.17, 15) is 4.79 Å². The monoisotopic (exact) mass is 472 g/mol. The Hall–Kier alpha value is -2.96. The number of nitrogens with zero attached hydrogens (tertiary/aromatic N) is 2. The van der Waals surface area contributed by atoms with Crippen LogP contribution in [0.4, 0.5) is 10.5 Å². The first-order valence-electron chi connectivity index (χ1n) is 12.9. The van der Waals surface area contributed by atoms with Crippen molar-refractivity contribution in [2.45, 2.75) is 50.0 Å². The summed E-state index contributed by atoms with van der Waals surface area (Å²) in [5.74, 6) is 0.642. The van der Waals surface area contributed by atoms with Crippen molar-refractivity contribution in [2.24, 2.45) is 0 Å². The highest BCUT2D eigenvalue weighted by molar-refractivity contribution is 5.93. The molecule has 1 aliphatic carbocycles. The Balaban J connectivity index is 1.36. The molecule has 5 rings (SSSR count). The first-order chi connectivity index (χ1) is 17.2. The van der Waals surface area contributed by atoms with Gasteiger partial charge in [-0.15, -0.1) is 0 Å². The fourth-order valence-electron chi connectivity index (χ4n) is 5.72. The van der Waals surface area contributed by atoms with Crippen molar-refractivity contribution in [3.05, 3.63) is 71.9 Å². The van der Waals surface area contributed by atoms with Gasteiger partial charge in [0.25, 0.3) is 0 Å². The molecule has 2 atom stereocenters. The molecular weight excluding hydrogens is 436 g/mol. The number of carbonyl (C=O) groups is 1. The van der Waals surface area contributed by atoms with E-state index in [0.29, 0.717) is 12.5 Å². The minimum absolute atomic E-state index is 0.0285. The molecule has 6 heteroatoms. The fraction of sp³-hybridized carbons (Fsp3) is 0.448. The molecule has 2 aromatic carbocycles. The second kappa shape index (κ2) is 11.2. The van der Waals surface area contributed by atoms with Crippen molar-refractivity contribution in [1.29, 1.82) is 0 Å². The summed E-state index contributed by atoms with van der Waals surface area (Å²) in [6, 6.07) is 20.6. The lowest BCUT2D eigenvalue weighted by Crippen LogP contribution is -2.42. The molecule has 2 N–H and O–H groups in total. The Morgan fingerprint density at radius 2 is 1.80 bits per heavy atom. The lowest BCUT2D eigenvalue weighted by Gasteiger charge is -2.25. The first kappa shape index (κ1) is 23.8. The Morgan fingerprint density at radius 1 is 1.03 bits per heavy atom. The zero-order valence-electron chi connectivity index (χ0n) is 20.6. The SMILES string of the molecule is COCCN1C[C@@H](NC(=O)Nc2cc3ccccc3nc2C2CCCCC2)[C@H](c2ccccc2)C1. The maximum Gasteiger partial charge on any atom is 0.319 e. The average molecular weight is 473 g/mol. The van der Waals surface area contributed by atoms with Crippen LogP contribution in [0.2, 0.25) is 0 Å². The number of aromatic nitrogens is 1. The van der Waals surface area contributed by atoms with Crippen LogP contribution in [0.15, 0.2) is 60.7 Å². The molecule has 184 valence electrons. The van der Waals surface area contributed by atoms with Crippen molar-refractivity contribution in [3.63, 3.8) is 0 Å². The maximum atomic E-state index is 13.3. The van der Waals surface area contributed by atoms with Crippen molar-refractivity contribution in [3.8, 4) is 0 Å². The Labute approximate surface area is 208 Å². The topological polar surface area (TPSA) is 66.5 Å². The number of nitrogens with one attached hydrogen (secondary N) is 2. The molecule has 6 nitrogen and oxygen atoms in total. The third kappa shape index (κ3) is 5.65. The van der Waals surface area contributed by atoms with Crippen LogP contribution in [0.3, 0.4) is 0 Å². The summed E-state index contributed by atoms with van der Waals surface area (Å²) in [4.78, 5) is 20.7. The minimum Gasteiger partial charge on any atom is -0.383 e. The summed E-state index contributed by atoms with van der Waals surface area (Å²) in [6.45, 7) is 3.26. The Bertz CT molecular complexity index is 1130. The van der Waals surface area contributed by atoms with Gasteiger partial charge in [0.15, 0.2) is 0 Å². The number of hydrogen-bond acceptors (Lipinski definition) is 4.